The minimum Gasteiger partial charge on any atom is -0.508 e. The molecule has 0 spiro atoms. The lowest BCUT2D eigenvalue weighted by Crippen LogP contribution is -2.64. The Morgan fingerprint density at radius 2 is 1.66 bits per heavy atom. The number of urea groups is 1. The van der Waals surface area contributed by atoms with E-state index in [0.717, 1.165) is 10.8 Å². The second-order valence-corrected chi connectivity index (χ2v) is 11.8. The molecule has 13 heteroatoms. The smallest absolute Gasteiger partial charge is 0.323 e. The first-order valence-corrected chi connectivity index (χ1v) is 14.9. The van der Waals surface area contributed by atoms with Crippen LogP contribution in [0.25, 0.3) is 16.5 Å². The van der Waals surface area contributed by atoms with Crippen LogP contribution in [0.15, 0.2) is 71.5 Å². The number of nitrogens with one attached hydrogen (secondary N) is 2. The first kappa shape index (κ1) is 31.3. The van der Waals surface area contributed by atoms with Gasteiger partial charge in [-0.15, -0.1) is 0 Å². The molecule has 13 nitrogen and oxygen atoms in total. The van der Waals surface area contributed by atoms with Crippen LogP contribution >= 0.6 is 0 Å². The summed E-state index contributed by atoms with van der Waals surface area (Å²) < 4.78 is 5.69. The van der Waals surface area contributed by atoms with Crippen LogP contribution in [0.2, 0.25) is 0 Å². The number of aliphatic hydroxyl groups excluding tert-OH is 2. The van der Waals surface area contributed by atoms with E-state index < -0.39 is 93.8 Å². The van der Waals surface area contributed by atoms with E-state index in [1.165, 1.54) is 19.1 Å². The number of primary amides is 1. The topological polar surface area (TPSA) is 226 Å². The number of hydrogen-bond acceptors (Lipinski definition) is 10. The van der Waals surface area contributed by atoms with Gasteiger partial charge in [-0.2, -0.15) is 0 Å². The number of benzene rings is 3. The van der Waals surface area contributed by atoms with Gasteiger partial charge in [0.25, 0.3) is 5.91 Å². The molecular formula is C34H31N3O10. The van der Waals surface area contributed by atoms with Crippen molar-refractivity contribution in [1.82, 2.24) is 0 Å². The molecule has 0 heterocycles. The number of amides is 3. The van der Waals surface area contributed by atoms with Gasteiger partial charge in [0.1, 0.15) is 28.9 Å². The molecule has 3 aliphatic carbocycles. The minimum atomic E-state index is -2.97. The average Bonchev–Trinajstić information content (AvgIpc) is 3.03. The number of esters is 1. The highest BCUT2D eigenvalue weighted by molar-refractivity contribution is 6.23. The molecule has 0 saturated heterocycles. The number of aliphatic hydroxyl groups is 3. The number of ketones is 2. The Morgan fingerprint density at radius 3 is 2.36 bits per heavy atom. The number of anilines is 2. The van der Waals surface area contributed by atoms with E-state index in [2.05, 4.69) is 10.6 Å². The van der Waals surface area contributed by atoms with Crippen molar-refractivity contribution >= 4 is 57.4 Å². The van der Waals surface area contributed by atoms with E-state index in [1.54, 1.807) is 19.1 Å². The number of rotatable bonds is 5. The molecule has 47 heavy (non-hydrogen) atoms. The van der Waals surface area contributed by atoms with Gasteiger partial charge in [-0.25, -0.2) is 4.79 Å². The first-order chi connectivity index (χ1) is 22.3. The van der Waals surface area contributed by atoms with Crippen molar-refractivity contribution in [2.75, 3.05) is 10.6 Å². The van der Waals surface area contributed by atoms with Crippen LogP contribution in [0, 0.1) is 11.8 Å². The predicted octanol–water partition coefficient (Wildman–Crippen LogP) is 3.71. The van der Waals surface area contributed by atoms with Crippen molar-refractivity contribution in [2.24, 2.45) is 17.6 Å². The van der Waals surface area contributed by atoms with Crippen molar-refractivity contribution in [3.8, 4) is 5.75 Å². The number of phenols is 1. The number of aromatic hydroxyl groups is 1. The lowest BCUT2D eigenvalue weighted by molar-refractivity contribution is -0.178. The maximum absolute atomic E-state index is 14.1. The van der Waals surface area contributed by atoms with Crippen LogP contribution in [-0.4, -0.2) is 61.6 Å². The summed E-state index contributed by atoms with van der Waals surface area (Å²) in [5.74, 6) is -10.5. The number of carbonyl (C=O) groups excluding carboxylic acids is 5. The normalized spacial score (nSPS) is 25.1. The minimum absolute atomic E-state index is 0.114. The summed E-state index contributed by atoms with van der Waals surface area (Å²) in [6.07, 6.45) is -2.22. The fourth-order valence-corrected chi connectivity index (χ4v) is 7.07. The highest BCUT2D eigenvalue weighted by atomic mass is 16.5. The molecule has 1 fully saturated rings. The Hall–Kier alpha value is -5.69. The lowest BCUT2D eigenvalue weighted by Gasteiger charge is -2.51. The van der Waals surface area contributed by atoms with Crippen molar-refractivity contribution in [3.05, 3.63) is 82.6 Å². The quantitative estimate of drug-likeness (QED) is 0.121. The fraction of sp³-hybridized carbons (Fsp3) is 0.265. The van der Waals surface area contributed by atoms with E-state index in [-0.39, 0.29) is 17.7 Å². The van der Waals surface area contributed by atoms with Crippen molar-refractivity contribution in [3.63, 3.8) is 0 Å². The fourth-order valence-electron chi connectivity index (χ4n) is 7.07. The van der Waals surface area contributed by atoms with Crippen LogP contribution in [0.5, 0.6) is 5.75 Å². The van der Waals surface area contributed by atoms with E-state index in [0.29, 0.717) is 11.3 Å². The van der Waals surface area contributed by atoms with Crippen LogP contribution < -0.4 is 16.4 Å². The van der Waals surface area contributed by atoms with E-state index >= 15 is 0 Å². The third kappa shape index (κ3) is 4.69. The van der Waals surface area contributed by atoms with Gasteiger partial charge in [-0.3, -0.25) is 19.2 Å². The molecule has 6 rings (SSSR count). The Morgan fingerprint density at radius 1 is 0.979 bits per heavy atom. The first-order valence-electron chi connectivity index (χ1n) is 14.9. The largest absolute Gasteiger partial charge is 0.508 e. The summed E-state index contributed by atoms with van der Waals surface area (Å²) >= 11 is 0. The number of ether oxygens (including phenoxy) is 1. The summed E-state index contributed by atoms with van der Waals surface area (Å²) in [5.41, 5.74) is 1.26. The summed E-state index contributed by atoms with van der Waals surface area (Å²) in [6, 6.07) is 14.9. The highest BCUT2D eigenvalue weighted by Gasteiger charge is 2.66. The molecular weight excluding hydrogens is 610 g/mol. The molecule has 0 bridgehead atoms. The molecule has 0 aromatic heterocycles. The predicted molar refractivity (Wildman–Crippen MR) is 168 cm³/mol. The Balaban J connectivity index is 1.44. The summed E-state index contributed by atoms with van der Waals surface area (Å²) in [4.78, 5) is 64.7. The number of Topliss-reactive ketones (excluding diaryl/α,β-unsaturated/α-hetero) is 2. The van der Waals surface area contributed by atoms with Crippen molar-refractivity contribution < 1.29 is 49.1 Å². The van der Waals surface area contributed by atoms with Gasteiger partial charge < -0.3 is 41.5 Å². The van der Waals surface area contributed by atoms with Crippen molar-refractivity contribution in [2.45, 2.75) is 44.3 Å². The molecule has 0 aliphatic heterocycles. The van der Waals surface area contributed by atoms with E-state index in [4.69, 9.17) is 10.5 Å². The zero-order valence-electron chi connectivity index (χ0n) is 25.2. The second kappa shape index (κ2) is 11.3. The van der Waals surface area contributed by atoms with Crippen LogP contribution in [0.3, 0.4) is 0 Å². The molecule has 1 saturated carbocycles. The standard InChI is InChI=1S/C34H31N3O10/c1-3-22(39)47-29-18-13-21(38)25(32(35)44)30(42)34(18,46)31(43)26-23(29)14(2)16-11-12-20(27(40)24(16)28(26)41)37-33(45)36-19-10-6-8-15-7-4-5-9-17(15)19/h4-12,14,18,23,29,40-42,46H,3,13H2,1-2H3,(H2,35,44)(H2,36,37,45)/t14-,18+,23+,29+,34+/m0/s1. The van der Waals surface area contributed by atoms with Crippen LogP contribution in [0.1, 0.15) is 43.7 Å². The third-order valence-corrected chi connectivity index (χ3v) is 9.31. The van der Waals surface area contributed by atoms with Gasteiger partial charge >= 0.3 is 12.0 Å². The third-order valence-electron chi connectivity index (χ3n) is 9.31. The summed E-state index contributed by atoms with van der Waals surface area (Å²) in [5, 5.41) is 52.7. The molecule has 3 aromatic carbocycles. The van der Waals surface area contributed by atoms with Gasteiger partial charge in [0.2, 0.25) is 5.78 Å². The number of fused-ring (bicyclic) bond motifs is 4. The van der Waals surface area contributed by atoms with Gasteiger partial charge in [0, 0.05) is 35.6 Å². The summed E-state index contributed by atoms with van der Waals surface area (Å²) in [7, 11) is 0. The van der Waals surface area contributed by atoms with Crippen LogP contribution in [0.4, 0.5) is 16.2 Å². The average molecular weight is 642 g/mol. The zero-order chi connectivity index (χ0) is 33.9. The maximum Gasteiger partial charge on any atom is 0.323 e. The van der Waals surface area contributed by atoms with Gasteiger partial charge in [0.05, 0.1) is 16.9 Å². The number of phenolic OH excluding ortho intramolecular Hbond substituents is 1. The molecule has 8 N–H and O–H groups in total. The van der Waals surface area contributed by atoms with E-state index in [9.17, 15) is 44.4 Å². The van der Waals surface area contributed by atoms with E-state index in [1.807, 2.05) is 30.3 Å². The van der Waals surface area contributed by atoms with Crippen molar-refractivity contribution in [1.29, 1.82) is 0 Å². The molecule has 3 amide bonds. The summed E-state index contributed by atoms with van der Waals surface area (Å²) in [6.45, 7) is 3.14. The van der Waals surface area contributed by atoms with Gasteiger partial charge in [-0.05, 0) is 29.0 Å². The molecule has 3 aromatic rings. The zero-order valence-corrected chi connectivity index (χ0v) is 25.2. The van der Waals surface area contributed by atoms with Crippen LogP contribution in [-0.2, 0) is 23.9 Å². The Kier molecular flexibility index (Phi) is 7.51. The lowest BCUT2D eigenvalue weighted by atomic mass is 9.55. The molecule has 0 unspecified atom stereocenters. The Bertz CT molecular complexity index is 1980. The van der Waals surface area contributed by atoms with Gasteiger partial charge in [0.15, 0.2) is 11.4 Å². The second-order valence-electron chi connectivity index (χ2n) is 11.8. The van der Waals surface area contributed by atoms with Gasteiger partial charge in [-0.1, -0.05) is 56.3 Å². The maximum atomic E-state index is 14.1. The molecule has 242 valence electrons. The molecule has 5 atom stereocenters. The monoisotopic (exact) mass is 641 g/mol. The number of carbonyl (C=O) groups is 5. The molecule has 0 radical (unpaired) electrons. The highest BCUT2D eigenvalue weighted by Crippen LogP contribution is 2.57. The molecule has 3 aliphatic rings. The number of hydrogen-bond donors (Lipinski definition) is 7. The number of nitrogens with two attached hydrogens (primary N) is 1. The Labute approximate surface area is 267 Å². The SMILES string of the molecule is CCC(=O)O[C@H]1[C@H]2C(=C(O)c3c(ccc(NC(=O)Nc4cccc5ccccc45)c3O)[C@@H]2C)C(=O)[C@]2(O)C(O)=C(C(N)=O)C(=O)C[C@H]12.